The van der Waals surface area contributed by atoms with Crippen molar-refractivity contribution in [2.45, 2.75) is 245 Å². The van der Waals surface area contributed by atoms with Crippen LogP contribution in [0.25, 0.3) is 0 Å². The van der Waals surface area contributed by atoms with Crippen molar-refractivity contribution in [3.8, 4) is 0 Å². The molecule has 0 aliphatic heterocycles. The minimum Gasteiger partial charge on any atom is -0.462 e. The lowest BCUT2D eigenvalue weighted by atomic mass is 10.0. The molecular formula is C57H96O6. The zero-order valence-corrected chi connectivity index (χ0v) is 41.1. The van der Waals surface area contributed by atoms with E-state index in [4.69, 9.17) is 14.2 Å². The van der Waals surface area contributed by atoms with Gasteiger partial charge in [0.1, 0.15) is 13.2 Å². The average Bonchev–Trinajstić information content (AvgIpc) is 3.28. The number of carbonyl (C=O) groups excluding carboxylic acids is 3. The van der Waals surface area contributed by atoms with Crippen LogP contribution in [0.3, 0.4) is 0 Å². The van der Waals surface area contributed by atoms with E-state index >= 15 is 0 Å². The van der Waals surface area contributed by atoms with Gasteiger partial charge < -0.3 is 14.2 Å². The number of hydrogen-bond acceptors (Lipinski definition) is 6. The van der Waals surface area contributed by atoms with Crippen LogP contribution < -0.4 is 0 Å². The Labute approximate surface area is 388 Å². The molecule has 0 aliphatic rings. The first-order valence-electron chi connectivity index (χ1n) is 26.1. The highest BCUT2D eigenvalue weighted by Gasteiger charge is 2.19. The molecule has 0 amide bonds. The predicted molar refractivity (Wildman–Crippen MR) is 270 cm³/mol. The molecule has 63 heavy (non-hydrogen) atoms. The third kappa shape index (κ3) is 49.5. The van der Waals surface area contributed by atoms with Crippen LogP contribution in [0, 0.1) is 0 Å². The zero-order chi connectivity index (χ0) is 45.8. The normalized spacial score (nSPS) is 12.7. The van der Waals surface area contributed by atoms with Gasteiger partial charge >= 0.3 is 17.9 Å². The van der Waals surface area contributed by atoms with Gasteiger partial charge in [-0.2, -0.15) is 0 Å². The molecule has 0 heterocycles. The second-order valence-corrected chi connectivity index (χ2v) is 17.1. The highest BCUT2D eigenvalue weighted by Crippen LogP contribution is 2.14. The molecule has 0 radical (unpaired) electrons. The molecular weight excluding hydrogens is 781 g/mol. The van der Waals surface area contributed by atoms with Gasteiger partial charge in [0.05, 0.1) is 6.42 Å². The van der Waals surface area contributed by atoms with E-state index in [0.717, 1.165) is 96.3 Å². The summed E-state index contributed by atoms with van der Waals surface area (Å²) in [7, 11) is 0. The molecule has 1 atom stereocenters. The van der Waals surface area contributed by atoms with E-state index < -0.39 is 12.1 Å². The van der Waals surface area contributed by atoms with Gasteiger partial charge in [0.25, 0.3) is 0 Å². The Balaban J connectivity index is 4.52. The topological polar surface area (TPSA) is 78.9 Å². The summed E-state index contributed by atoms with van der Waals surface area (Å²) in [6, 6.07) is 0. The zero-order valence-electron chi connectivity index (χ0n) is 41.1. The third-order valence-corrected chi connectivity index (χ3v) is 10.9. The smallest absolute Gasteiger partial charge is 0.310 e. The second-order valence-electron chi connectivity index (χ2n) is 17.1. The van der Waals surface area contributed by atoms with E-state index in [9.17, 15) is 14.4 Å². The Morgan fingerprint density at radius 2 is 0.667 bits per heavy atom. The monoisotopic (exact) mass is 877 g/mol. The van der Waals surface area contributed by atoms with Crippen molar-refractivity contribution in [3.63, 3.8) is 0 Å². The molecule has 6 heteroatoms. The number of ether oxygens (including phenoxy) is 3. The molecule has 0 fully saturated rings. The van der Waals surface area contributed by atoms with Gasteiger partial charge in [-0.25, -0.2) is 0 Å². The Bertz CT molecular complexity index is 1240. The molecule has 0 aromatic carbocycles. The van der Waals surface area contributed by atoms with Gasteiger partial charge in [0, 0.05) is 12.8 Å². The van der Waals surface area contributed by atoms with E-state index in [1.165, 1.54) is 103 Å². The van der Waals surface area contributed by atoms with Crippen LogP contribution in [-0.2, 0) is 28.6 Å². The van der Waals surface area contributed by atoms with E-state index in [1.807, 2.05) is 6.08 Å². The van der Waals surface area contributed by atoms with Crippen LogP contribution in [-0.4, -0.2) is 37.2 Å². The number of carbonyl (C=O) groups is 3. The van der Waals surface area contributed by atoms with Gasteiger partial charge in [-0.15, -0.1) is 0 Å². The fourth-order valence-electron chi connectivity index (χ4n) is 7.02. The molecule has 0 N–H and O–H groups in total. The summed E-state index contributed by atoms with van der Waals surface area (Å²) in [6.07, 6.45) is 65.9. The van der Waals surface area contributed by atoms with Gasteiger partial charge in [-0.3, -0.25) is 14.4 Å². The van der Waals surface area contributed by atoms with Crippen molar-refractivity contribution in [2.75, 3.05) is 13.2 Å². The number of hydrogen-bond donors (Lipinski definition) is 0. The molecule has 0 spiro atoms. The Morgan fingerprint density at radius 3 is 1.06 bits per heavy atom. The molecule has 360 valence electrons. The maximum atomic E-state index is 12.7. The summed E-state index contributed by atoms with van der Waals surface area (Å²) in [5.74, 6) is -1.06. The average molecular weight is 877 g/mol. The largest absolute Gasteiger partial charge is 0.462 e. The summed E-state index contributed by atoms with van der Waals surface area (Å²) < 4.78 is 16.7. The highest BCUT2D eigenvalue weighted by molar-refractivity contribution is 5.72. The first-order chi connectivity index (χ1) is 31.0. The molecule has 6 nitrogen and oxygen atoms in total. The lowest BCUT2D eigenvalue weighted by molar-refractivity contribution is -0.166. The Kier molecular flexibility index (Phi) is 48.5. The molecule has 0 rings (SSSR count). The molecule has 0 saturated carbocycles. The molecule has 0 saturated heterocycles. The molecule has 0 aliphatic carbocycles. The van der Waals surface area contributed by atoms with Crippen LogP contribution in [0.1, 0.15) is 239 Å². The van der Waals surface area contributed by atoms with Crippen LogP contribution in [0.2, 0.25) is 0 Å². The fraction of sp³-hybridized carbons (Fsp3) is 0.702. The molecule has 0 aromatic rings. The maximum Gasteiger partial charge on any atom is 0.310 e. The lowest BCUT2D eigenvalue weighted by Crippen LogP contribution is -2.30. The van der Waals surface area contributed by atoms with E-state index in [0.29, 0.717) is 12.8 Å². The molecule has 1 unspecified atom stereocenters. The van der Waals surface area contributed by atoms with E-state index in [2.05, 4.69) is 93.7 Å². The third-order valence-electron chi connectivity index (χ3n) is 10.9. The van der Waals surface area contributed by atoms with Crippen molar-refractivity contribution in [2.24, 2.45) is 0 Å². The first kappa shape index (κ1) is 59.6. The summed E-state index contributed by atoms with van der Waals surface area (Å²) in [5, 5.41) is 0. The first-order valence-corrected chi connectivity index (χ1v) is 26.1. The van der Waals surface area contributed by atoms with Crippen molar-refractivity contribution in [1.82, 2.24) is 0 Å². The summed E-state index contributed by atoms with van der Waals surface area (Å²) in [5.41, 5.74) is 0. The summed E-state index contributed by atoms with van der Waals surface area (Å²) in [4.78, 5) is 37.9. The van der Waals surface area contributed by atoms with Crippen molar-refractivity contribution < 1.29 is 28.6 Å². The van der Waals surface area contributed by atoms with Gasteiger partial charge in [-0.05, 0) is 77.0 Å². The van der Waals surface area contributed by atoms with Crippen molar-refractivity contribution in [3.05, 3.63) is 85.1 Å². The summed E-state index contributed by atoms with van der Waals surface area (Å²) in [6.45, 7) is 6.41. The van der Waals surface area contributed by atoms with Crippen molar-refractivity contribution >= 4 is 17.9 Å². The lowest BCUT2D eigenvalue weighted by Gasteiger charge is -2.18. The highest BCUT2D eigenvalue weighted by atomic mass is 16.6. The molecule has 0 aromatic heterocycles. The summed E-state index contributed by atoms with van der Waals surface area (Å²) >= 11 is 0. The standard InChI is InChI=1S/C57H96O6/c1-4-7-10-13-16-19-22-25-28-30-32-35-38-41-44-47-50-56(59)62-53-54(52-61-55(58)49-46-43-40-37-34-31-27-24-21-18-15-12-9-6-3)63-57(60)51-48-45-42-39-36-33-29-26-23-20-17-14-11-8-5-2/h8,11,17,19-20,22,26,28-30,36,39,45,48,54H,4-7,9-10,12-16,18,21,23-25,27,31-35,37-38,40-44,46-47,49-53H2,1-3H3/b11-8-,20-17-,22-19-,29-26-,30-28-,39-36-,48-45-. The number of unbranched alkanes of at least 4 members (excludes halogenated alkanes) is 22. The minimum absolute atomic E-state index is 0.0942. The SMILES string of the molecule is CC/C=C\C/C=C\C/C=C\C/C=C\C/C=C\CC(=O)OC(COC(=O)CCCCCCC/C=C\C/C=C\CCCCCC)COC(=O)CCCCCCCCCCCCCCCC. The van der Waals surface area contributed by atoms with Crippen LogP contribution in [0.15, 0.2) is 85.1 Å². The number of allylic oxidation sites excluding steroid dienone is 13. The number of esters is 3. The van der Waals surface area contributed by atoms with Gasteiger partial charge in [-0.1, -0.05) is 228 Å². The van der Waals surface area contributed by atoms with E-state index in [1.54, 1.807) is 6.08 Å². The van der Waals surface area contributed by atoms with Gasteiger partial charge in [0.2, 0.25) is 0 Å². The van der Waals surface area contributed by atoms with Crippen molar-refractivity contribution in [1.29, 1.82) is 0 Å². The van der Waals surface area contributed by atoms with Gasteiger partial charge in [0.15, 0.2) is 6.10 Å². The maximum absolute atomic E-state index is 12.7. The van der Waals surface area contributed by atoms with Crippen LogP contribution in [0.5, 0.6) is 0 Å². The Morgan fingerprint density at radius 1 is 0.349 bits per heavy atom. The van der Waals surface area contributed by atoms with Crippen LogP contribution in [0.4, 0.5) is 0 Å². The quantitative estimate of drug-likeness (QED) is 0.0262. The second kappa shape index (κ2) is 51.2. The fourth-order valence-corrected chi connectivity index (χ4v) is 7.02. The Hall–Kier alpha value is -3.41. The van der Waals surface area contributed by atoms with Crippen LogP contribution >= 0.6 is 0 Å². The predicted octanol–water partition coefficient (Wildman–Crippen LogP) is 17.2. The number of rotatable bonds is 46. The molecule has 0 bridgehead atoms. The van der Waals surface area contributed by atoms with E-state index in [-0.39, 0.29) is 31.6 Å². The minimum atomic E-state index is -0.834.